The summed E-state index contributed by atoms with van der Waals surface area (Å²) in [6.07, 6.45) is 1.17. The van der Waals surface area contributed by atoms with Crippen LogP contribution in [0.2, 0.25) is 5.02 Å². The molecule has 1 aromatic carbocycles. The van der Waals surface area contributed by atoms with Gasteiger partial charge in [0.25, 0.3) is 0 Å². The Morgan fingerprint density at radius 3 is 2.86 bits per heavy atom. The van der Waals surface area contributed by atoms with Crippen molar-refractivity contribution < 1.29 is 9.90 Å². The molecule has 0 aliphatic heterocycles. The van der Waals surface area contributed by atoms with Gasteiger partial charge in [0, 0.05) is 16.8 Å². The van der Waals surface area contributed by atoms with E-state index < -0.39 is 6.03 Å². The number of aliphatic imine (C=N–C) groups is 1. The lowest BCUT2D eigenvalue weighted by Gasteiger charge is -2.01. The number of carbonyl (C=O) groups excluding carboxylic acids is 1. The Bertz CT molecular complexity index is 407. The lowest BCUT2D eigenvalue weighted by atomic mass is 10.2. The van der Waals surface area contributed by atoms with E-state index in [1.807, 2.05) is 22.6 Å². The van der Waals surface area contributed by atoms with Gasteiger partial charge in [-0.3, -0.25) is 0 Å². The Labute approximate surface area is 98.9 Å². The van der Waals surface area contributed by atoms with Gasteiger partial charge in [-0.15, -0.1) is 0 Å². The second-order valence-corrected chi connectivity index (χ2v) is 4.02. The van der Waals surface area contributed by atoms with Gasteiger partial charge in [-0.1, -0.05) is 11.6 Å². The molecular weight excluding hydrogens is 318 g/mol. The van der Waals surface area contributed by atoms with E-state index in [-0.39, 0.29) is 5.75 Å². The van der Waals surface area contributed by atoms with Crippen LogP contribution in [0.4, 0.5) is 4.79 Å². The summed E-state index contributed by atoms with van der Waals surface area (Å²) in [5.41, 5.74) is 5.17. The van der Waals surface area contributed by atoms with Gasteiger partial charge in [-0.05, 0) is 34.7 Å². The van der Waals surface area contributed by atoms with Gasteiger partial charge in [0.15, 0.2) is 0 Å². The van der Waals surface area contributed by atoms with Crippen molar-refractivity contribution in [3.8, 4) is 5.75 Å². The maximum Gasteiger partial charge on any atom is 0.338 e. The molecule has 0 fully saturated rings. The Kier molecular flexibility index (Phi) is 3.70. The zero-order valence-electron chi connectivity index (χ0n) is 6.87. The minimum atomic E-state index is -0.820. The first kappa shape index (κ1) is 11.3. The van der Waals surface area contributed by atoms with E-state index >= 15 is 0 Å². The first-order valence-corrected chi connectivity index (χ1v) is 4.98. The van der Waals surface area contributed by atoms with Crippen LogP contribution in [-0.2, 0) is 0 Å². The van der Waals surface area contributed by atoms with E-state index in [0.717, 1.165) is 0 Å². The summed E-state index contributed by atoms with van der Waals surface area (Å²) in [5, 5.41) is 9.98. The van der Waals surface area contributed by atoms with Crippen LogP contribution in [0.3, 0.4) is 0 Å². The first-order valence-electron chi connectivity index (χ1n) is 3.52. The number of urea groups is 1. The monoisotopic (exact) mass is 324 g/mol. The maximum atomic E-state index is 10.4. The number of rotatable bonds is 1. The highest BCUT2D eigenvalue weighted by atomic mass is 127. The lowest BCUT2D eigenvalue weighted by Crippen LogP contribution is -2.04. The van der Waals surface area contributed by atoms with Crippen LogP contribution in [0.15, 0.2) is 17.1 Å². The molecule has 1 rings (SSSR count). The molecule has 6 heteroatoms. The zero-order chi connectivity index (χ0) is 10.7. The first-order chi connectivity index (χ1) is 6.50. The number of carbonyl (C=O) groups is 1. The number of aromatic hydroxyl groups is 1. The average molecular weight is 325 g/mol. The van der Waals surface area contributed by atoms with E-state index in [1.165, 1.54) is 12.3 Å². The van der Waals surface area contributed by atoms with Crippen molar-refractivity contribution in [3.63, 3.8) is 0 Å². The molecular formula is C8H6ClIN2O2. The summed E-state index contributed by atoms with van der Waals surface area (Å²) in [6, 6.07) is 2.27. The van der Waals surface area contributed by atoms with Crippen LogP contribution in [-0.4, -0.2) is 17.4 Å². The number of amides is 2. The molecule has 0 radical (unpaired) electrons. The fourth-order valence-electron chi connectivity index (χ4n) is 0.817. The van der Waals surface area contributed by atoms with Crippen LogP contribution in [0.1, 0.15) is 5.56 Å². The third kappa shape index (κ3) is 2.85. The standard InChI is InChI=1S/C8H6ClIN2O2/c9-5-1-4(3-12-8(11)14)7(13)6(10)2-5/h1-3,13H,(H2,11,14)/b12-3+. The third-order valence-corrected chi connectivity index (χ3v) is 2.43. The molecule has 0 spiro atoms. The van der Waals surface area contributed by atoms with E-state index in [9.17, 15) is 9.90 Å². The summed E-state index contributed by atoms with van der Waals surface area (Å²) in [7, 11) is 0. The minimum Gasteiger partial charge on any atom is -0.506 e. The van der Waals surface area contributed by atoms with E-state index in [4.69, 9.17) is 17.3 Å². The van der Waals surface area contributed by atoms with Crippen LogP contribution >= 0.6 is 34.2 Å². The largest absolute Gasteiger partial charge is 0.506 e. The molecule has 0 aliphatic carbocycles. The zero-order valence-corrected chi connectivity index (χ0v) is 9.78. The van der Waals surface area contributed by atoms with Crippen LogP contribution in [0.25, 0.3) is 0 Å². The number of halogens is 2. The molecule has 0 atom stereocenters. The van der Waals surface area contributed by atoms with Crippen molar-refractivity contribution in [2.75, 3.05) is 0 Å². The van der Waals surface area contributed by atoms with Gasteiger partial charge >= 0.3 is 6.03 Å². The summed E-state index contributed by atoms with van der Waals surface area (Å²) in [5.74, 6) is 0.0278. The molecule has 0 bridgehead atoms. The molecule has 0 saturated heterocycles. The Hall–Kier alpha value is -0.820. The number of benzene rings is 1. The topological polar surface area (TPSA) is 75.7 Å². The number of hydrogen-bond donors (Lipinski definition) is 2. The average Bonchev–Trinajstić information content (AvgIpc) is 2.08. The predicted octanol–water partition coefficient (Wildman–Crippen LogP) is 2.15. The molecule has 4 nitrogen and oxygen atoms in total. The number of hydrogen-bond acceptors (Lipinski definition) is 2. The van der Waals surface area contributed by atoms with Crippen molar-refractivity contribution in [1.29, 1.82) is 0 Å². The smallest absolute Gasteiger partial charge is 0.338 e. The van der Waals surface area contributed by atoms with Crippen molar-refractivity contribution in [2.24, 2.45) is 10.7 Å². The third-order valence-electron chi connectivity index (χ3n) is 1.39. The number of phenols is 1. The van der Waals surface area contributed by atoms with E-state index in [1.54, 1.807) is 6.07 Å². The number of nitrogens with two attached hydrogens (primary N) is 1. The molecule has 0 heterocycles. The second-order valence-electron chi connectivity index (χ2n) is 2.42. The van der Waals surface area contributed by atoms with Gasteiger partial charge in [0.1, 0.15) is 5.75 Å². The summed E-state index contributed by atoms with van der Waals surface area (Å²) in [6.45, 7) is 0. The van der Waals surface area contributed by atoms with Gasteiger partial charge in [-0.25, -0.2) is 9.79 Å². The molecule has 74 valence electrons. The minimum absolute atomic E-state index is 0.0278. The lowest BCUT2D eigenvalue weighted by molar-refractivity contribution is 0.257. The normalized spacial score (nSPS) is 10.7. The van der Waals surface area contributed by atoms with Crippen molar-refractivity contribution >= 4 is 46.4 Å². The molecule has 0 aliphatic rings. The number of nitrogens with zero attached hydrogens (tertiary/aromatic N) is 1. The van der Waals surface area contributed by atoms with E-state index in [0.29, 0.717) is 14.2 Å². The molecule has 1 aromatic rings. The fourth-order valence-corrected chi connectivity index (χ4v) is 1.88. The van der Waals surface area contributed by atoms with Gasteiger partial charge in [0.05, 0.1) is 3.57 Å². The summed E-state index contributed by atoms with van der Waals surface area (Å²) >= 11 is 7.66. The van der Waals surface area contributed by atoms with Crippen molar-refractivity contribution in [2.45, 2.75) is 0 Å². The van der Waals surface area contributed by atoms with Gasteiger partial charge in [-0.2, -0.15) is 0 Å². The quantitative estimate of drug-likeness (QED) is 0.613. The molecule has 0 unspecified atom stereocenters. The molecule has 0 aromatic heterocycles. The van der Waals surface area contributed by atoms with Crippen LogP contribution < -0.4 is 5.73 Å². The molecule has 0 saturated carbocycles. The van der Waals surface area contributed by atoms with Gasteiger partial charge in [0.2, 0.25) is 0 Å². The summed E-state index contributed by atoms with van der Waals surface area (Å²) < 4.78 is 0.584. The highest BCUT2D eigenvalue weighted by Crippen LogP contribution is 2.27. The van der Waals surface area contributed by atoms with Gasteiger partial charge < -0.3 is 10.8 Å². The number of phenolic OH excluding ortho intramolecular Hbond substituents is 1. The van der Waals surface area contributed by atoms with E-state index in [2.05, 4.69) is 4.99 Å². The van der Waals surface area contributed by atoms with Crippen molar-refractivity contribution in [3.05, 3.63) is 26.3 Å². The maximum absolute atomic E-state index is 10.4. The highest BCUT2D eigenvalue weighted by molar-refractivity contribution is 14.1. The SMILES string of the molecule is NC(=O)/N=C/c1cc(Cl)cc(I)c1O. The van der Waals surface area contributed by atoms with Crippen LogP contribution in [0.5, 0.6) is 5.75 Å². The number of primary amides is 1. The molecule has 2 amide bonds. The second kappa shape index (κ2) is 4.61. The van der Waals surface area contributed by atoms with Crippen LogP contribution in [0, 0.1) is 3.57 Å². The Morgan fingerprint density at radius 1 is 1.64 bits per heavy atom. The highest BCUT2D eigenvalue weighted by Gasteiger charge is 2.05. The molecule has 3 N–H and O–H groups in total. The summed E-state index contributed by atoms with van der Waals surface area (Å²) in [4.78, 5) is 13.7. The predicted molar refractivity (Wildman–Crippen MR) is 63.0 cm³/mol. The Balaban J connectivity index is 3.14. The Morgan fingerprint density at radius 2 is 2.29 bits per heavy atom. The van der Waals surface area contributed by atoms with Crippen molar-refractivity contribution in [1.82, 2.24) is 0 Å². The fraction of sp³-hybridized carbons (Fsp3) is 0. The molecule has 14 heavy (non-hydrogen) atoms.